The lowest BCUT2D eigenvalue weighted by Crippen LogP contribution is -2.36. The maximum absolute atomic E-state index is 12.5. The second-order valence-electron chi connectivity index (χ2n) is 6.67. The van der Waals surface area contributed by atoms with Gasteiger partial charge in [0.05, 0.1) is 10.7 Å². The predicted octanol–water partition coefficient (Wildman–Crippen LogP) is 3.41. The fraction of sp³-hybridized carbons (Fsp3) is 0.733. The second-order valence-corrected chi connectivity index (χ2v) is 7.52. The monoisotopic (exact) mass is 339 g/mol. The Morgan fingerprint density at radius 1 is 1.45 bits per heavy atom. The molecular formula is C15H22BrN3O. The highest BCUT2D eigenvalue weighted by Gasteiger charge is 2.31. The van der Waals surface area contributed by atoms with Crippen LogP contribution in [0.1, 0.15) is 45.4 Å². The Labute approximate surface area is 128 Å². The van der Waals surface area contributed by atoms with Crippen molar-refractivity contribution in [1.29, 1.82) is 0 Å². The van der Waals surface area contributed by atoms with Crippen LogP contribution in [0, 0.1) is 11.3 Å². The Morgan fingerprint density at radius 2 is 2.20 bits per heavy atom. The summed E-state index contributed by atoms with van der Waals surface area (Å²) in [5, 5.41) is 7.61. The number of nitrogens with zero attached hydrogens (tertiary/aromatic N) is 2. The number of anilines is 1. The van der Waals surface area contributed by atoms with E-state index in [0.29, 0.717) is 17.0 Å². The smallest absolute Gasteiger partial charge is 0.291 e. The molecule has 110 valence electrons. The lowest BCUT2D eigenvalue weighted by molar-refractivity contribution is 0.180. The van der Waals surface area contributed by atoms with Gasteiger partial charge in [-0.05, 0) is 52.9 Å². The summed E-state index contributed by atoms with van der Waals surface area (Å²) in [6.45, 7) is 3.91. The molecule has 2 saturated carbocycles. The van der Waals surface area contributed by atoms with Crippen LogP contribution in [0.15, 0.2) is 15.5 Å². The number of aromatic nitrogens is 2. The second kappa shape index (κ2) is 5.51. The highest BCUT2D eigenvalue weighted by atomic mass is 79.9. The van der Waals surface area contributed by atoms with Crippen LogP contribution in [0.25, 0.3) is 0 Å². The Hall–Kier alpha value is -0.840. The minimum Gasteiger partial charge on any atom is -0.379 e. The molecule has 4 nitrogen and oxygen atoms in total. The van der Waals surface area contributed by atoms with Crippen LogP contribution in [-0.4, -0.2) is 16.3 Å². The van der Waals surface area contributed by atoms with Gasteiger partial charge in [0.1, 0.15) is 5.69 Å². The van der Waals surface area contributed by atoms with Crippen LogP contribution in [-0.2, 0) is 6.54 Å². The van der Waals surface area contributed by atoms with Gasteiger partial charge in [-0.2, -0.15) is 5.10 Å². The quantitative estimate of drug-likeness (QED) is 0.894. The van der Waals surface area contributed by atoms with E-state index in [1.165, 1.54) is 38.5 Å². The summed E-state index contributed by atoms with van der Waals surface area (Å²) in [4.78, 5) is 12.5. The molecule has 0 spiro atoms. The van der Waals surface area contributed by atoms with Gasteiger partial charge in [-0.15, -0.1) is 0 Å². The van der Waals surface area contributed by atoms with Gasteiger partial charge in [0.25, 0.3) is 5.56 Å². The van der Waals surface area contributed by atoms with E-state index in [0.717, 1.165) is 17.6 Å². The van der Waals surface area contributed by atoms with Crippen LogP contribution in [0.2, 0.25) is 0 Å². The molecule has 5 heteroatoms. The van der Waals surface area contributed by atoms with Gasteiger partial charge in [0.2, 0.25) is 0 Å². The number of hydrogen-bond donors (Lipinski definition) is 1. The van der Waals surface area contributed by atoms with Crippen LogP contribution < -0.4 is 10.9 Å². The molecule has 1 aromatic rings. The number of halogens is 1. The Morgan fingerprint density at radius 3 is 2.75 bits per heavy atom. The van der Waals surface area contributed by atoms with Gasteiger partial charge in [-0.1, -0.05) is 19.8 Å². The summed E-state index contributed by atoms with van der Waals surface area (Å²) >= 11 is 3.45. The van der Waals surface area contributed by atoms with E-state index in [9.17, 15) is 4.79 Å². The highest BCUT2D eigenvalue weighted by Crippen LogP contribution is 2.40. The average Bonchev–Trinajstić information content (AvgIpc) is 2.33. The number of nitrogens with one attached hydrogen (secondary N) is 1. The molecule has 0 aliphatic heterocycles. The fourth-order valence-electron chi connectivity index (χ4n) is 2.94. The van der Waals surface area contributed by atoms with E-state index in [-0.39, 0.29) is 5.56 Å². The minimum absolute atomic E-state index is 0.00852. The van der Waals surface area contributed by atoms with Gasteiger partial charge in [-0.25, -0.2) is 4.68 Å². The first-order chi connectivity index (χ1) is 9.57. The van der Waals surface area contributed by atoms with E-state index in [1.807, 2.05) is 0 Å². The van der Waals surface area contributed by atoms with Crippen molar-refractivity contribution in [2.75, 3.05) is 11.9 Å². The molecular weight excluding hydrogens is 318 g/mol. The third-order valence-corrected chi connectivity index (χ3v) is 5.51. The van der Waals surface area contributed by atoms with E-state index in [4.69, 9.17) is 0 Å². The standard InChI is InChI=1S/C15H22BrN3O/c1-15(6-3-7-15)10-17-13-12(16)8-18-19(14(13)20)9-11-4-2-5-11/h8,11,17H,2-7,9-10H2,1H3. The maximum atomic E-state index is 12.5. The van der Waals surface area contributed by atoms with E-state index in [1.54, 1.807) is 10.9 Å². The zero-order valence-corrected chi connectivity index (χ0v) is 13.6. The molecule has 0 saturated heterocycles. The third-order valence-electron chi connectivity index (χ3n) is 4.91. The third kappa shape index (κ3) is 2.78. The van der Waals surface area contributed by atoms with Crippen molar-refractivity contribution in [3.63, 3.8) is 0 Å². The molecule has 1 aromatic heterocycles. The minimum atomic E-state index is 0.00852. The van der Waals surface area contributed by atoms with Crippen LogP contribution >= 0.6 is 15.9 Å². The van der Waals surface area contributed by atoms with Crippen molar-refractivity contribution in [3.8, 4) is 0 Å². The Bertz CT molecular complexity index is 547. The average molecular weight is 340 g/mol. The maximum Gasteiger partial charge on any atom is 0.291 e. The molecule has 2 aliphatic rings. The summed E-state index contributed by atoms with van der Waals surface area (Å²) in [5.41, 5.74) is 1.04. The van der Waals surface area contributed by atoms with Crippen molar-refractivity contribution >= 4 is 21.6 Å². The molecule has 0 amide bonds. The van der Waals surface area contributed by atoms with Crippen LogP contribution in [0.5, 0.6) is 0 Å². The normalized spacial score (nSPS) is 21.1. The van der Waals surface area contributed by atoms with E-state index in [2.05, 4.69) is 33.3 Å². The molecule has 20 heavy (non-hydrogen) atoms. The lowest BCUT2D eigenvalue weighted by Gasteiger charge is -2.38. The zero-order chi connectivity index (χ0) is 14.2. The molecule has 3 rings (SSSR count). The Balaban J connectivity index is 1.74. The number of rotatable bonds is 5. The van der Waals surface area contributed by atoms with Crippen molar-refractivity contribution in [2.24, 2.45) is 11.3 Å². The zero-order valence-electron chi connectivity index (χ0n) is 12.0. The summed E-state index contributed by atoms with van der Waals surface area (Å²) in [6.07, 6.45) is 9.29. The first-order valence-corrected chi connectivity index (χ1v) is 8.36. The first kappa shape index (κ1) is 14.1. The van der Waals surface area contributed by atoms with Gasteiger partial charge >= 0.3 is 0 Å². The molecule has 1 N–H and O–H groups in total. The fourth-order valence-corrected chi connectivity index (χ4v) is 3.34. The van der Waals surface area contributed by atoms with Gasteiger partial charge < -0.3 is 5.32 Å². The summed E-state index contributed by atoms with van der Waals surface area (Å²) in [5.74, 6) is 0.637. The van der Waals surface area contributed by atoms with Crippen LogP contribution in [0.3, 0.4) is 0 Å². The summed E-state index contributed by atoms with van der Waals surface area (Å²) < 4.78 is 2.40. The summed E-state index contributed by atoms with van der Waals surface area (Å²) in [7, 11) is 0. The van der Waals surface area contributed by atoms with Gasteiger partial charge in [-0.3, -0.25) is 4.79 Å². The molecule has 1 heterocycles. The van der Waals surface area contributed by atoms with Gasteiger partial charge in [0.15, 0.2) is 0 Å². The molecule has 0 radical (unpaired) electrons. The lowest BCUT2D eigenvalue weighted by atomic mass is 9.70. The van der Waals surface area contributed by atoms with Crippen LogP contribution in [0.4, 0.5) is 5.69 Å². The molecule has 0 atom stereocenters. The molecule has 2 fully saturated rings. The Kier molecular flexibility index (Phi) is 3.89. The topological polar surface area (TPSA) is 46.9 Å². The molecule has 0 bridgehead atoms. The largest absolute Gasteiger partial charge is 0.379 e. The highest BCUT2D eigenvalue weighted by molar-refractivity contribution is 9.10. The molecule has 2 aliphatic carbocycles. The SMILES string of the molecule is CC1(CNc2c(Br)cnn(CC3CCC3)c2=O)CCC1. The van der Waals surface area contributed by atoms with Crippen molar-refractivity contribution in [3.05, 3.63) is 21.0 Å². The van der Waals surface area contributed by atoms with Crippen molar-refractivity contribution < 1.29 is 0 Å². The van der Waals surface area contributed by atoms with E-state index >= 15 is 0 Å². The first-order valence-electron chi connectivity index (χ1n) is 7.57. The van der Waals surface area contributed by atoms with Crippen molar-refractivity contribution in [1.82, 2.24) is 9.78 Å². The van der Waals surface area contributed by atoms with E-state index < -0.39 is 0 Å². The van der Waals surface area contributed by atoms with Gasteiger partial charge in [0, 0.05) is 13.1 Å². The number of hydrogen-bond acceptors (Lipinski definition) is 3. The summed E-state index contributed by atoms with van der Waals surface area (Å²) in [6, 6.07) is 0. The van der Waals surface area contributed by atoms with Crippen molar-refractivity contribution in [2.45, 2.75) is 52.0 Å². The molecule has 0 unspecified atom stereocenters. The molecule has 0 aromatic carbocycles. The predicted molar refractivity (Wildman–Crippen MR) is 84.0 cm³/mol.